The Morgan fingerprint density at radius 1 is 0.417 bits per heavy atom. The summed E-state index contributed by atoms with van der Waals surface area (Å²) in [6.07, 6.45) is 0. The summed E-state index contributed by atoms with van der Waals surface area (Å²) < 4.78 is 0. The molecule has 48 heavy (non-hydrogen) atoms. The van der Waals surface area contributed by atoms with Gasteiger partial charge >= 0.3 is 0 Å². The average Bonchev–Trinajstić information content (AvgIpc) is 3.68. The van der Waals surface area contributed by atoms with E-state index in [1.807, 2.05) is 0 Å². The Bertz CT molecular complexity index is 2410. The van der Waals surface area contributed by atoms with Crippen LogP contribution in [0, 0.1) is 0 Å². The van der Waals surface area contributed by atoms with Gasteiger partial charge in [0.15, 0.2) is 0 Å². The molecule has 10 rings (SSSR count). The number of fused-ring (bicyclic) bond motifs is 13. The van der Waals surface area contributed by atoms with E-state index in [9.17, 15) is 0 Å². The standard InChI is InChI=1S/C46H32ClN/c1-45(2)38-20-10-6-16-32(38)36-25-24-31(28-42(36)45)48(30-14-4-3-5-15-30)43-27-29(47)26-37-35-19-9-13-23-41(35)46(44(37)43)39-21-11-7-17-33(39)34-18-8-12-22-40(34)46/h3-28H,1-2H3. The lowest BCUT2D eigenvalue weighted by atomic mass is 9.70. The van der Waals surface area contributed by atoms with Crippen molar-refractivity contribution in [2.24, 2.45) is 0 Å². The van der Waals surface area contributed by atoms with Crippen LogP contribution in [0.2, 0.25) is 5.02 Å². The smallest absolute Gasteiger partial charge is 0.0746 e. The van der Waals surface area contributed by atoms with Crippen LogP contribution in [0.3, 0.4) is 0 Å². The first-order valence-corrected chi connectivity index (χ1v) is 17.1. The number of para-hydroxylation sites is 1. The van der Waals surface area contributed by atoms with Crippen LogP contribution in [-0.4, -0.2) is 0 Å². The van der Waals surface area contributed by atoms with Crippen LogP contribution < -0.4 is 4.90 Å². The highest BCUT2D eigenvalue weighted by Crippen LogP contribution is 2.66. The lowest BCUT2D eigenvalue weighted by molar-refractivity contribution is 0.660. The van der Waals surface area contributed by atoms with Gasteiger partial charge in [-0.3, -0.25) is 0 Å². The van der Waals surface area contributed by atoms with Crippen LogP contribution in [0.4, 0.5) is 17.1 Å². The van der Waals surface area contributed by atoms with Gasteiger partial charge in [-0.25, -0.2) is 0 Å². The van der Waals surface area contributed by atoms with Gasteiger partial charge in [0.25, 0.3) is 0 Å². The topological polar surface area (TPSA) is 3.24 Å². The van der Waals surface area contributed by atoms with Crippen molar-refractivity contribution in [3.63, 3.8) is 0 Å². The van der Waals surface area contributed by atoms with E-state index in [1.54, 1.807) is 0 Å². The van der Waals surface area contributed by atoms with E-state index in [0.717, 1.165) is 22.1 Å². The van der Waals surface area contributed by atoms with Crippen LogP contribution in [0.5, 0.6) is 0 Å². The molecule has 0 aliphatic heterocycles. The van der Waals surface area contributed by atoms with Crippen LogP contribution in [0.25, 0.3) is 33.4 Å². The maximum absolute atomic E-state index is 7.18. The molecule has 0 N–H and O–H groups in total. The van der Waals surface area contributed by atoms with Gasteiger partial charge in [0.05, 0.1) is 11.1 Å². The minimum absolute atomic E-state index is 0.124. The van der Waals surface area contributed by atoms with Gasteiger partial charge in [0.2, 0.25) is 0 Å². The van der Waals surface area contributed by atoms with Crippen molar-refractivity contribution >= 4 is 28.7 Å². The Labute approximate surface area is 286 Å². The van der Waals surface area contributed by atoms with Crippen molar-refractivity contribution < 1.29 is 0 Å². The molecule has 3 aliphatic rings. The second kappa shape index (κ2) is 9.83. The fraction of sp³-hybridized carbons (Fsp3) is 0.0870. The minimum Gasteiger partial charge on any atom is -0.310 e. The maximum atomic E-state index is 7.18. The van der Waals surface area contributed by atoms with Crippen LogP contribution in [0.15, 0.2) is 158 Å². The number of anilines is 3. The summed E-state index contributed by atoms with van der Waals surface area (Å²) in [5.74, 6) is 0. The zero-order valence-electron chi connectivity index (χ0n) is 26.8. The molecule has 0 heterocycles. The molecule has 0 unspecified atom stereocenters. The normalized spacial score (nSPS) is 14.9. The molecule has 0 aromatic heterocycles. The molecule has 0 atom stereocenters. The van der Waals surface area contributed by atoms with Crippen molar-refractivity contribution in [2.45, 2.75) is 24.7 Å². The summed E-state index contributed by atoms with van der Waals surface area (Å²) in [6.45, 7) is 4.70. The number of hydrogen-bond donors (Lipinski definition) is 0. The summed E-state index contributed by atoms with van der Waals surface area (Å²) in [4.78, 5) is 2.45. The second-order valence-corrected chi connectivity index (χ2v) is 14.2. The van der Waals surface area contributed by atoms with Crippen molar-refractivity contribution in [3.8, 4) is 33.4 Å². The van der Waals surface area contributed by atoms with Gasteiger partial charge in [-0.2, -0.15) is 0 Å². The molecular formula is C46H32ClN. The monoisotopic (exact) mass is 633 g/mol. The maximum Gasteiger partial charge on any atom is 0.0746 e. The molecule has 7 aromatic rings. The molecule has 0 amide bonds. The first-order valence-electron chi connectivity index (χ1n) is 16.7. The van der Waals surface area contributed by atoms with Crippen molar-refractivity contribution in [3.05, 3.63) is 196 Å². The quantitative estimate of drug-likeness (QED) is 0.187. The first kappa shape index (κ1) is 27.7. The molecule has 0 saturated carbocycles. The summed E-state index contributed by atoms with van der Waals surface area (Å²) in [5, 5.41) is 0.727. The highest BCUT2D eigenvalue weighted by Gasteiger charge is 2.53. The first-order chi connectivity index (χ1) is 23.5. The second-order valence-electron chi connectivity index (χ2n) is 13.8. The van der Waals surface area contributed by atoms with E-state index in [1.165, 1.54) is 66.8 Å². The molecule has 0 radical (unpaired) electrons. The highest BCUT2D eigenvalue weighted by atomic mass is 35.5. The molecule has 0 saturated heterocycles. The molecule has 1 nitrogen and oxygen atoms in total. The zero-order chi connectivity index (χ0) is 32.2. The van der Waals surface area contributed by atoms with E-state index in [4.69, 9.17) is 11.6 Å². The van der Waals surface area contributed by atoms with E-state index >= 15 is 0 Å². The number of hydrogen-bond acceptors (Lipinski definition) is 1. The Kier molecular flexibility index (Phi) is 5.67. The number of rotatable bonds is 3. The van der Waals surface area contributed by atoms with Gasteiger partial charge in [0.1, 0.15) is 0 Å². The SMILES string of the molecule is CC1(C)c2ccccc2-c2ccc(N(c3ccccc3)c3cc(Cl)cc4c3C3(c5ccccc5-c5ccccc53)c3ccccc3-4)cc21. The van der Waals surface area contributed by atoms with E-state index in [2.05, 4.69) is 176 Å². The lowest BCUT2D eigenvalue weighted by Crippen LogP contribution is -2.28. The molecule has 0 bridgehead atoms. The lowest BCUT2D eigenvalue weighted by Gasteiger charge is -2.36. The number of halogens is 1. The highest BCUT2D eigenvalue weighted by molar-refractivity contribution is 6.31. The molecular weight excluding hydrogens is 602 g/mol. The molecule has 7 aromatic carbocycles. The summed E-state index contributed by atoms with van der Waals surface area (Å²) in [6, 6.07) is 57.9. The van der Waals surface area contributed by atoms with Gasteiger partial charge in [-0.15, -0.1) is 0 Å². The molecule has 228 valence electrons. The molecule has 2 heteroatoms. The van der Waals surface area contributed by atoms with E-state index in [-0.39, 0.29) is 5.41 Å². The average molecular weight is 634 g/mol. The minimum atomic E-state index is -0.502. The zero-order valence-corrected chi connectivity index (χ0v) is 27.6. The molecule has 3 aliphatic carbocycles. The predicted octanol–water partition coefficient (Wildman–Crippen LogP) is 12.5. The summed E-state index contributed by atoms with van der Waals surface area (Å²) in [5.41, 5.74) is 18.3. The Morgan fingerprint density at radius 3 is 1.50 bits per heavy atom. The van der Waals surface area contributed by atoms with Gasteiger partial charge in [-0.05, 0) is 97.6 Å². The number of benzene rings is 7. The van der Waals surface area contributed by atoms with Gasteiger partial charge in [0, 0.05) is 27.4 Å². The van der Waals surface area contributed by atoms with E-state index in [0.29, 0.717) is 0 Å². The van der Waals surface area contributed by atoms with Crippen LogP contribution in [0.1, 0.15) is 47.2 Å². The van der Waals surface area contributed by atoms with E-state index < -0.39 is 5.41 Å². The third-order valence-corrected chi connectivity index (χ3v) is 11.3. The van der Waals surface area contributed by atoms with Gasteiger partial charge in [-0.1, -0.05) is 147 Å². The largest absolute Gasteiger partial charge is 0.310 e. The fourth-order valence-electron chi connectivity index (χ4n) is 9.19. The van der Waals surface area contributed by atoms with Gasteiger partial charge < -0.3 is 4.90 Å². The molecule has 1 spiro atoms. The van der Waals surface area contributed by atoms with Crippen molar-refractivity contribution in [2.75, 3.05) is 4.90 Å². The summed E-state index contributed by atoms with van der Waals surface area (Å²) in [7, 11) is 0. The van der Waals surface area contributed by atoms with Crippen LogP contribution in [-0.2, 0) is 10.8 Å². The predicted molar refractivity (Wildman–Crippen MR) is 200 cm³/mol. The molecule has 0 fully saturated rings. The Balaban J connectivity index is 1.32. The Hall–Kier alpha value is -5.37. The Morgan fingerprint density at radius 2 is 0.896 bits per heavy atom. The summed E-state index contributed by atoms with van der Waals surface area (Å²) >= 11 is 7.18. The van der Waals surface area contributed by atoms with Crippen molar-refractivity contribution in [1.82, 2.24) is 0 Å². The third kappa shape index (κ3) is 3.47. The third-order valence-electron chi connectivity index (χ3n) is 11.1. The van der Waals surface area contributed by atoms with Crippen LogP contribution >= 0.6 is 11.6 Å². The van der Waals surface area contributed by atoms with Crippen molar-refractivity contribution in [1.29, 1.82) is 0 Å². The fourth-order valence-corrected chi connectivity index (χ4v) is 9.40. The number of nitrogens with zero attached hydrogens (tertiary/aromatic N) is 1.